The van der Waals surface area contributed by atoms with Crippen LogP contribution in [0.1, 0.15) is 33.0 Å². The SMILES string of the molecule is Cn1cc(Br)cc1C(=O)NNC(=O)CCC(=O)c1ccc(Cl)s1. The van der Waals surface area contributed by atoms with Crippen LogP contribution in [0.15, 0.2) is 28.9 Å². The molecule has 9 heteroatoms. The molecule has 0 unspecified atom stereocenters. The molecule has 0 bridgehead atoms. The van der Waals surface area contributed by atoms with E-state index >= 15 is 0 Å². The van der Waals surface area contributed by atoms with Crippen LogP contribution >= 0.6 is 38.9 Å². The molecule has 0 aliphatic carbocycles. The number of Topliss-reactive ketones (excluding diaryl/α,β-unsaturated/α-hetero) is 1. The van der Waals surface area contributed by atoms with Gasteiger partial charge in [-0.3, -0.25) is 25.2 Å². The number of nitrogens with zero attached hydrogens (tertiary/aromatic N) is 1. The Morgan fingerprint density at radius 3 is 2.57 bits per heavy atom. The van der Waals surface area contributed by atoms with Crippen LogP contribution in [0.2, 0.25) is 4.34 Å². The summed E-state index contributed by atoms with van der Waals surface area (Å²) < 4.78 is 2.91. The average molecular weight is 419 g/mol. The number of carbonyl (C=O) groups excluding carboxylic acids is 3. The third kappa shape index (κ3) is 4.92. The molecule has 0 atom stereocenters. The topological polar surface area (TPSA) is 80.2 Å². The Hall–Kier alpha value is -1.64. The summed E-state index contributed by atoms with van der Waals surface area (Å²) >= 11 is 10.2. The van der Waals surface area contributed by atoms with Crippen molar-refractivity contribution in [3.63, 3.8) is 0 Å². The van der Waals surface area contributed by atoms with E-state index in [2.05, 4.69) is 26.8 Å². The maximum absolute atomic E-state index is 11.9. The minimum absolute atomic E-state index is 0.0224. The lowest BCUT2D eigenvalue weighted by Gasteiger charge is -2.07. The molecule has 0 aliphatic heterocycles. The van der Waals surface area contributed by atoms with Crippen LogP contribution in [0.5, 0.6) is 0 Å². The number of aryl methyl sites for hydroxylation is 1. The van der Waals surface area contributed by atoms with Gasteiger partial charge in [-0.2, -0.15) is 0 Å². The highest BCUT2D eigenvalue weighted by Gasteiger charge is 2.14. The van der Waals surface area contributed by atoms with E-state index in [1.165, 1.54) is 11.3 Å². The molecule has 23 heavy (non-hydrogen) atoms. The number of nitrogens with one attached hydrogen (secondary N) is 2. The highest BCUT2D eigenvalue weighted by Crippen LogP contribution is 2.22. The summed E-state index contributed by atoms with van der Waals surface area (Å²) in [6.45, 7) is 0. The number of amides is 2. The molecular weight excluding hydrogens is 406 g/mol. The van der Waals surface area contributed by atoms with Gasteiger partial charge in [-0.1, -0.05) is 11.6 Å². The van der Waals surface area contributed by atoms with Crippen molar-refractivity contribution in [2.45, 2.75) is 12.8 Å². The molecule has 0 aromatic carbocycles. The van der Waals surface area contributed by atoms with Gasteiger partial charge >= 0.3 is 0 Å². The number of rotatable bonds is 5. The summed E-state index contributed by atoms with van der Waals surface area (Å²) in [6, 6.07) is 4.89. The molecule has 0 saturated carbocycles. The first-order valence-corrected chi connectivity index (χ1v) is 8.55. The number of aromatic nitrogens is 1. The molecule has 6 nitrogen and oxygen atoms in total. The standard InChI is InChI=1S/C14H13BrClN3O3S/c1-19-7-8(15)6-9(19)14(22)18-17-13(21)5-2-10(20)11-3-4-12(16)23-11/h3-4,6-7H,2,5H2,1H3,(H,17,21)(H,18,22). The van der Waals surface area contributed by atoms with Crippen molar-refractivity contribution >= 4 is 56.5 Å². The quantitative estimate of drug-likeness (QED) is 0.579. The summed E-state index contributed by atoms with van der Waals surface area (Å²) in [7, 11) is 1.71. The highest BCUT2D eigenvalue weighted by molar-refractivity contribution is 9.10. The zero-order valence-electron chi connectivity index (χ0n) is 12.1. The van der Waals surface area contributed by atoms with Crippen LogP contribution in [0.4, 0.5) is 0 Å². The predicted octanol–water partition coefficient (Wildman–Crippen LogP) is 2.93. The molecule has 2 amide bonds. The summed E-state index contributed by atoms with van der Waals surface area (Å²) in [4.78, 5) is 36.0. The van der Waals surface area contributed by atoms with Crippen molar-refractivity contribution in [1.82, 2.24) is 15.4 Å². The van der Waals surface area contributed by atoms with Crippen LogP contribution in [-0.2, 0) is 11.8 Å². The first-order chi connectivity index (χ1) is 10.9. The van der Waals surface area contributed by atoms with Crippen molar-refractivity contribution in [2.75, 3.05) is 0 Å². The molecule has 122 valence electrons. The Kier molecular flexibility index (Phi) is 5.97. The van der Waals surface area contributed by atoms with Crippen LogP contribution < -0.4 is 10.9 Å². The number of thiophene rings is 1. The smallest absolute Gasteiger partial charge is 0.286 e. The lowest BCUT2D eigenvalue weighted by Crippen LogP contribution is -2.42. The molecule has 2 N–H and O–H groups in total. The molecular formula is C14H13BrClN3O3S. The van der Waals surface area contributed by atoms with E-state index < -0.39 is 11.8 Å². The zero-order valence-corrected chi connectivity index (χ0v) is 15.2. The molecule has 0 fully saturated rings. The molecule has 2 aromatic rings. The molecule has 0 aliphatic rings. The van der Waals surface area contributed by atoms with Crippen LogP contribution in [0.3, 0.4) is 0 Å². The normalized spacial score (nSPS) is 10.4. The Balaban J connectivity index is 1.78. The fourth-order valence-electron chi connectivity index (χ4n) is 1.82. The first-order valence-electron chi connectivity index (χ1n) is 6.56. The third-order valence-corrected chi connectivity index (χ3v) is 4.65. The van der Waals surface area contributed by atoms with Gasteiger partial charge < -0.3 is 4.57 Å². The number of halogens is 2. The Morgan fingerprint density at radius 2 is 2.00 bits per heavy atom. The van der Waals surface area contributed by atoms with Gasteiger partial charge in [0.2, 0.25) is 5.91 Å². The zero-order chi connectivity index (χ0) is 17.0. The van der Waals surface area contributed by atoms with Crippen LogP contribution in [0.25, 0.3) is 0 Å². The molecule has 2 rings (SSSR count). The van der Waals surface area contributed by atoms with Gasteiger partial charge in [0.25, 0.3) is 5.91 Å². The maximum Gasteiger partial charge on any atom is 0.286 e. The summed E-state index contributed by atoms with van der Waals surface area (Å²) in [5.74, 6) is -1.04. The summed E-state index contributed by atoms with van der Waals surface area (Å²) in [5.41, 5.74) is 4.99. The molecule has 0 saturated heterocycles. The molecule has 2 heterocycles. The summed E-state index contributed by atoms with van der Waals surface area (Å²) in [6.07, 6.45) is 1.75. The number of hydrogen-bond acceptors (Lipinski definition) is 4. The van der Waals surface area contributed by atoms with Gasteiger partial charge in [-0.25, -0.2) is 0 Å². The van der Waals surface area contributed by atoms with E-state index in [0.29, 0.717) is 14.9 Å². The van der Waals surface area contributed by atoms with Crippen molar-refractivity contribution in [2.24, 2.45) is 7.05 Å². The number of hydrazine groups is 1. The third-order valence-electron chi connectivity index (χ3n) is 2.95. The van der Waals surface area contributed by atoms with Crippen molar-refractivity contribution < 1.29 is 14.4 Å². The maximum atomic E-state index is 11.9. The Morgan fingerprint density at radius 1 is 1.26 bits per heavy atom. The van der Waals surface area contributed by atoms with Gasteiger partial charge in [0.15, 0.2) is 5.78 Å². The van der Waals surface area contributed by atoms with Crippen molar-refractivity contribution in [3.8, 4) is 0 Å². The lowest BCUT2D eigenvalue weighted by molar-refractivity contribution is -0.121. The van der Waals surface area contributed by atoms with E-state index in [9.17, 15) is 14.4 Å². The Labute approximate surface area is 149 Å². The van der Waals surface area contributed by atoms with Gasteiger partial charge in [-0.15, -0.1) is 11.3 Å². The highest BCUT2D eigenvalue weighted by atomic mass is 79.9. The minimum Gasteiger partial charge on any atom is -0.345 e. The number of hydrogen-bond donors (Lipinski definition) is 2. The largest absolute Gasteiger partial charge is 0.345 e. The fourth-order valence-corrected chi connectivity index (χ4v) is 3.35. The second-order valence-corrected chi connectivity index (χ2v) is 7.31. The first kappa shape index (κ1) is 17.7. The van der Waals surface area contributed by atoms with Gasteiger partial charge in [0, 0.05) is 30.6 Å². The lowest BCUT2D eigenvalue weighted by atomic mass is 10.2. The van der Waals surface area contributed by atoms with E-state index in [1.807, 2.05) is 0 Å². The van der Waals surface area contributed by atoms with Crippen molar-refractivity contribution in [1.29, 1.82) is 0 Å². The second-order valence-electron chi connectivity index (χ2n) is 4.68. The Bertz CT molecular complexity index is 756. The van der Waals surface area contributed by atoms with E-state index in [1.54, 1.807) is 36.0 Å². The van der Waals surface area contributed by atoms with Crippen LogP contribution in [-0.4, -0.2) is 22.2 Å². The molecule has 2 aromatic heterocycles. The van der Waals surface area contributed by atoms with E-state index in [-0.39, 0.29) is 18.6 Å². The van der Waals surface area contributed by atoms with Gasteiger partial charge in [-0.05, 0) is 34.1 Å². The van der Waals surface area contributed by atoms with Gasteiger partial charge in [0.1, 0.15) is 5.69 Å². The van der Waals surface area contributed by atoms with Gasteiger partial charge in [0.05, 0.1) is 9.21 Å². The summed E-state index contributed by atoms with van der Waals surface area (Å²) in [5, 5.41) is 0. The average Bonchev–Trinajstić information content (AvgIpc) is 3.07. The monoisotopic (exact) mass is 417 g/mol. The number of carbonyl (C=O) groups is 3. The predicted molar refractivity (Wildman–Crippen MR) is 91.6 cm³/mol. The number of ketones is 1. The second kappa shape index (κ2) is 7.76. The fraction of sp³-hybridized carbons (Fsp3) is 0.214. The minimum atomic E-state index is -0.442. The molecule has 0 spiro atoms. The van der Waals surface area contributed by atoms with E-state index in [4.69, 9.17) is 11.6 Å². The van der Waals surface area contributed by atoms with Crippen molar-refractivity contribution in [3.05, 3.63) is 43.8 Å². The van der Waals surface area contributed by atoms with Crippen LogP contribution in [0, 0.1) is 0 Å². The molecule has 0 radical (unpaired) electrons. The van der Waals surface area contributed by atoms with E-state index in [0.717, 1.165) is 4.47 Å².